The van der Waals surface area contributed by atoms with Crippen LogP contribution in [0, 0.1) is 23.2 Å². The summed E-state index contributed by atoms with van der Waals surface area (Å²) in [5.74, 6) is 0.466. The molecular formula is C20H21N5OS. The van der Waals surface area contributed by atoms with Gasteiger partial charge in [-0.15, -0.1) is 11.3 Å². The molecular weight excluding hydrogens is 358 g/mol. The number of rotatable bonds is 3. The van der Waals surface area contributed by atoms with E-state index in [0.717, 1.165) is 35.3 Å². The van der Waals surface area contributed by atoms with Gasteiger partial charge in [0.15, 0.2) is 5.96 Å². The average molecular weight is 379 g/mol. The van der Waals surface area contributed by atoms with E-state index in [2.05, 4.69) is 17.1 Å². The number of aliphatic imine (C=N–C) groups is 1. The Morgan fingerprint density at radius 2 is 2.11 bits per heavy atom. The Bertz CT molecular complexity index is 971. The molecule has 0 bridgehead atoms. The molecule has 0 saturated heterocycles. The van der Waals surface area contributed by atoms with Gasteiger partial charge in [-0.1, -0.05) is 6.42 Å². The zero-order valence-electron chi connectivity index (χ0n) is 15.3. The van der Waals surface area contributed by atoms with E-state index in [1.54, 1.807) is 30.8 Å². The van der Waals surface area contributed by atoms with Crippen LogP contribution >= 0.6 is 11.3 Å². The van der Waals surface area contributed by atoms with Gasteiger partial charge in [0.1, 0.15) is 11.6 Å². The SMILES string of the molecule is CN1C(=O)C(C2CCC2)C(C)(c2cc(-c3cncc(C#N)c3)cs2)N=C1N. The molecule has 0 radical (unpaired) electrons. The van der Waals surface area contributed by atoms with E-state index in [4.69, 9.17) is 16.0 Å². The second-order valence-corrected chi connectivity index (χ2v) is 8.37. The minimum Gasteiger partial charge on any atom is -0.369 e. The number of hydrogen-bond donors (Lipinski definition) is 1. The van der Waals surface area contributed by atoms with Crippen molar-refractivity contribution in [2.75, 3.05) is 7.05 Å². The molecule has 27 heavy (non-hydrogen) atoms. The lowest BCUT2D eigenvalue weighted by atomic mass is 9.66. The van der Waals surface area contributed by atoms with Gasteiger partial charge in [-0.2, -0.15) is 5.26 Å². The molecule has 0 aromatic carbocycles. The van der Waals surface area contributed by atoms with Crippen molar-refractivity contribution >= 4 is 23.2 Å². The van der Waals surface area contributed by atoms with Crippen LogP contribution in [0.5, 0.6) is 0 Å². The van der Waals surface area contributed by atoms with Gasteiger partial charge in [-0.3, -0.25) is 14.7 Å². The van der Waals surface area contributed by atoms with Gasteiger partial charge < -0.3 is 5.73 Å². The van der Waals surface area contributed by atoms with E-state index in [1.807, 2.05) is 18.4 Å². The van der Waals surface area contributed by atoms with Crippen molar-refractivity contribution in [2.24, 2.45) is 22.6 Å². The molecule has 1 amide bonds. The highest BCUT2D eigenvalue weighted by atomic mass is 32.1. The maximum absolute atomic E-state index is 13.0. The van der Waals surface area contributed by atoms with Crippen LogP contribution in [-0.2, 0) is 10.3 Å². The number of carbonyl (C=O) groups excluding carboxylic acids is 1. The minimum atomic E-state index is -0.665. The summed E-state index contributed by atoms with van der Waals surface area (Å²) < 4.78 is 0. The van der Waals surface area contributed by atoms with Crippen LogP contribution in [0.4, 0.5) is 0 Å². The number of thiophene rings is 1. The summed E-state index contributed by atoms with van der Waals surface area (Å²) in [5, 5.41) is 11.1. The maximum Gasteiger partial charge on any atom is 0.235 e. The molecule has 1 aliphatic carbocycles. The van der Waals surface area contributed by atoms with Crippen LogP contribution in [0.25, 0.3) is 11.1 Å². The van der Waals surface area contributed by atoms with Crippen molar-refractivity contribution in [2.45, 2.75) is 31.7 Å². The lowest BCUT2D eigenvalue weighted by molar-refractivity contribution is -0.138. The molecule has 2 aliphatic rings. The fraction of sp³-hybridized carbons (Fsp3) is 0.400. The summed E-state index contributed by atoms with van der Waals surface area (Å²) in [6, 6.07) is 6.00. The molecule has 2 atom stereocenters. The topological polar surface area (TPSA) is 95.4 Å². The highest BCUT2D eigenvalue weighted by molar-refractivity contribution is 7.10. The fourth-order valence-corrected chi connectivity index (χ4v) is 5.06. The number of nitrogens with zero attached hydrogens (tertiary/aromatic N) is 4. The highest BCUT2D eigenvalue weighted by Crippen LogP contribution is 2.49. The van der Waals surface area contributed by atoms with Crippen LogP contribution in [0.1, 0.15) is 36.6 Å². The number of nitriles is 1. The van der Waals surface area contributed by atoms with E-state index >= 15 is 0 Å². The van der Waals surface area contributed by atoms with Crippen molar-refractivity contribution in [3.8, 4) is 17.2 Å². The molecule has 1 aliphatic heterocycles. The maximum atomic E-state index is 13.0. The monoisotopic (exact) mass is 379 g/mol. The third-order valence-corrected chi connectivity index (χ3v) is 6.97. The fourth-order valence-electron chi connectivity index (χ4n) is 4.00. The largest absolute Gasteiger partial charge is 0.369 e. The first-order valence-corrected chi connectivity index (χ1v) is 9.89. The van der Waals surface area contributed by atoms with Crippen molar-refractivity contribution in [3.05, 3.63) is 40.3 Å². The van der Waals surface area contributed by atoms with Crippen LogP contribution in [0.3, 0.4) is 0 Å². The molecule has 2 N–H and O–H groups in total. The summed E-state index contributed by atoms with van der Waals surface area (Å²) in [5.41, 5.74) is 7.80. The molecule has 4 rings (SSSR count). The summed E-state index contributed by atoms with van der Waals surface area (Å²) in [6.07, 6.45) is 6.57. The van der Waals surface area contributed by atoms with E-state index in [1.165, 1.54) is 4.90 Å². The first-order chi connectivity index (χ1) is 12.9. The third-order valence-electron chi connectivity index (χ3n) is 5.81. The Labute approximate surface area is 162 Å². The molecule has 1 saturated carbocycles. The smallest absolute Gasteiger partial charge is 0.235 e. The zero-order valence-corrected chi connectivity index (χ0v) is 16.2. The molecule has 6 nitrogen and oxygen atoms in total. The van der Waals surface area contributed by atoms with Gasteiger partial charge in [0.2, 0.25) is 5.91 Å². The standard InChI is InChI=1S/C20H21N5OS/c1-20(17(13-4-3-5-13)18(26)25(2)19(22)24-20)16-7-15(11-27-16)14-6-12(8-21)9-23-10-14/h6-7,9-11,13,17H,3-5H2,1-2H3,(H2,22,24). The number of amides is 1. The number of pyridine rings is 1. The first-order valence-electron chi connectivity index (χ1n) is 9.01. The molecule has 3 heterocycles. The Morgan fingerprint density at radius 3 is 2.78 bits per heavy atom. The van der Waals surface area contributed by atoms with Crippen LogP contribution < -0.4 is 5.73 Å². The predicted molar refractivity (Wildman–Crippen MR) is 105 cm³/mol. The summed E-state index contributed by atoms with van der Waals surface area (Å²) >= 11 is 1.58. The number of aromatic nitrogens is 1. The van der Waals surface area contributed by atoms with E-state index < -0.39 is 5.54 Å². The first kappa shape index (κ1) is 17.7. The van der Waals surface area contributed by atoms with E-state index in [-0.39, 0.29) is 17.8 Å². The third kappa shape index (κ3) is 2.81. The predicted octanol–water partition coefficient (Wildman–Crippen LogP) is 3.10. The van der Waals surface area contributed by atoms with Gasteiger partial charge in [-0.25, -0.2) is 4.99 Å². The summed E-state index contributed by atoms with van der Waals surface area (Å²) in [4.78, 5) is 24.5. The lowest BCUT2D eigenvalue weighted by Gasteiger charge is -2.46. The molecule has 2 aromatic heterocycles. The number of nitrogens with two attached hydrogens (primary N) is 1. The number of guanidine groups is 1. The molecule has 1 fully saturated rings. The number of carbonyl (C=O) groups is 1. The van der Waals surface area contributed by atoms with E-state index in [9.17, 15) is 4.79 Å². The Balaban J connectivity index is 1.77. The number of hydrogen-bond acceptors (Lipinski definition) is 6. The average Bonchev–Trinajstić information content (AvgIpc) is 3.13. The van der Waals surface area contributed by atoms with Crippen molar-refractivity contribution in [1.82, 2.24) is 9.88 Å². The van der Waals surface area contributed by atoms with Crippen molar-refractivity contribution in [1.29, 1.82) is 5.26 Å². The minimum absolute atomic E-state index is 0.0535. The quantitative estimate of drug-likeness (QED) is 0.886. The molecule has 0 spiro atoms. The zero-order chi connectivity index (χ0) is 19.2. The van der Waals surface area contributed by atoms with Gasteiger partial charge in [-0.05, 0) is 48.8 Å². The Kier molecular flexibility index (Phi) is 4.23. The molecule has 138 valence electrons. The van der Waals surface area contributed by atoms with Gasteiger partial charge >= 0.3 is 0 Å². The summed E-state index contributed by atoms with van der Waals surface area (Å²) in [6.45, 7) is 2.02. The van der Waals surface area contributed by atoms with Gasteiger partial charge in [0, 0.05) is 29.9 Å². The van der Waals surface area contributed by atoms with Gasteiger partial charge in [0.05, 0.1) is 11.5 Å². The highest BCUT2D eigenvalue weighted by Gasteiger charge is 2.51. The van der Waals surface area contributed by atoms with Crippen LogP contribution in [0.15, 0.2) is 34.9 Å². The molecule has 2 unspecified atom stereocenters. The normalized spacial score (nSPS) is 25.7. The second kappa shape index (κ2) is 6.46. The Morgan fingerprint density at radius 1 is 1.33 bits per heavy atom. The van der Waals surface area contributed by atoms with E-state index in [0.29, 0.717) is 11.5 Å². The summed E-state index contributed by atoms with van der Waals surface area (Å²) in [7, 11) is 1.70. The second-order valence-electron chi connectivity index (χ2n) is 7.46. The molecule has 2 aromatic rings. The van der Waals surface area contributed by atoms with Gasteiger partial charge in [0.25, 0.3) is 0 Å². The van der Waals surface area contributed by atoms with Crippen molar-refractivity contribution in [3.63, 3.8) is 0 Å². The van der Waals surface area contributed by atoms with Crippen molar-refractivity contribution < 1.29 is 4.79 Å². The van der Waals surface area contributed by atoms with Crippen LogP contribution in [-0.4, -0.2) is 28.8 Å². The Hall–Kier alpha value is -2.72. The lowest BCUT2D eigenvalue weighted by Crippen LogP contribution is -2.56. The van der Waals surface area contributed by atoms with Crippen LogP contribution in [0.2, 0.25) is 0 Å². The molecule has 7 heteroatoms.